The Kier molecular flexibility index (Phi) is 5.00. The third-order valence-corrected chi connectivity index (χ3v) is 6.08. The van der Waals surface area contributed by atoms with Gasteiger partial charge in [-0.3, -0.25) is 0 Å². The van der Waals surface area contributed by atoms with E-state index >= 15 is 0 Å². The van der Waals surface area contributed by atoms with Crippen LogP contribution in [0.15, 0.2) is 18.2 Å². The van der Waals surface area contributed by atoms with Crippen molar-refractivity contribution in [1.82, 2.24) is 0 Å². The normalized spacial score (nSPS) is 25.5. The van der Waals surface area contributed by atoms with E-state index in [1.807, 2.05) is 18.2 Å². The number of fused-ring (bicyclic) bond motifs is 6. The molecule has 1 fully saturated rings. The largest absolute Gasteiger partial charge is 0.490 e. The molecule has 0 amide bonds. The van der Waals surface area contributed by atoms with Crippen molar-refractivity contribution in [3.8, 4) is 11.5 Å². The fourth-order valence-corrected chi connectivity index (χ4v) is 4.99. The molecule has 0 heterocycles. The molecular weight excluding hydrogens is 364 g/mol. The Morgan fingerprint density at radius 1 is 1.00 bits per heavy atom. The maximum absolute atomic E-state index is 9.76. The van der Waals surface area contributed by atoms with E-state index in [0.717, 1.165) is 35.1 Å². The van der Waals surface area contributed by atoms with Crippen LogP contribution in [0.25, 0.3) is 10.8 Å². The van der Waals surface area contributed by atoms with Crippen molar-refractivity contribution in [3.05, 3.63) is 34.3 Å². The van der Waals surface area contributed by atoms with Crippen LogP contribution in [0.3, 0.4) is 0 Å². The van der Waals surface area contributed by atoms with Crippen LogP contribution in [-0.2, 0) is 0 Å². The summed E-state index contributed by atoms with van der Waals surface area (Å²) < 4.78 is 12.3. The number of halogens is 1. The number of benzene rings is 2. The van der Waals surface area contributed by atoms with E-state index in [0.29, 0.717) is 22.8 Å². The Bertz CT molecular complexity index is 861. The van der Waals surface area contributed by atoms with Crippen LogP contribution in [0, 0.1) is 5.92 Å². The quantitative estimate of drug-likeness (QED) is 0.755. The molecular formula is C22H27ClO4. The van der Waals surface area contributed by atoms with Crippen LogP contribution in [0.5, 0.6) is 11.5 Å². The topological polar surface area (TPSA) is 58.9 Å². The van der Waals surface area contributed by atoms with Gasteiger partial charge in [-0.15, -0.1) is 0 Å². The minimum Gasteiger partial charge on any atom is -0.490 e. The number of ether oxygens (including phenoxy) is 2. The smallest absolute Gasteiger partial charge is 0.131 e. The van der Waals surface area contributed by atoms with Crippen molar-refractivity contribution >= 4 is 22.4 Å². The zero-order valence-corrected chi connectivity index (χ0v) is 16.8. The summed E-state index contributed by atoms with van der Waals surface area (Å²) in [5.74, 6) is 3.20. The summed E-state index contributed by atoms with van der Waals surface area (Å²) in [6.45, 7) is 6.25. The third-order valence-electron chi connectivity index (χ3n) is 5.85. The third kappa shape index (κ3) is 3.28. The highest BCUT2D eigenvalue weighted by atomic mass is 35.5. The van der Waals surface area contributed by atoms with Crippen molar-refractivity contribution in [2.75, 3.05) is 13.2 Å². The van der Waals surface area contributed by atoms with E-state index in [-0.39, 0.29) is 13.2 Å². The molecule has 2 aromatic carbocycles. The van der Waals surface area contributed by atoms with Gasteiger partial charge >= 0.3 is 0 Å². The summed E-state index contributed by atoms with van der Waals surface area (Å²) in [6, 6.07) is 5.75. The van der Waals surface area contributed by atoms with Gasteiger partial charge < -0.3 is 19.7 Å². The van der Waals surface area contributed by atoms with Gasteiger partial charge in [-0.2, -0.15) is 0 Å². The van der Waals surface area contributed by atoms with Gasteiger partial charge in [0.15, 0.2) is 0 Å². The lowest BCUT2D eigenvalue weighted by Crippen LogP contribution is -2.18. The van der Waals surface area contributed by atoms with E-state index in [2.05, 4.69) is 6.92 Å². The van der Waals surface area contributed by atoms with Gasteiger partial charge in [0, 0.05) is 26.9 Å². The Balaban J connectivity index is 1.95. The van der Waals surface area contributed by atoms with E-state index in [1.54, 1.807) is 13.8 Å². The van der Waals surface area contributed by atoms with Crippen LogP contribution >= 0.6 is 11.6 Å². The first kappa shape index (κ1) is 18.9. The standard InChI is InChI=1S/C22H27ClO4/c1-11-6-14-7-17(11)20-19(14)22(27-10-13(3)25)18-8-15(23)4-5-16(18)21(20)26-9-12(2)24/h4-5,8,11-14,17,24-25H,6-7,9-10H2,1-3H3. The zero-order chi connectivity index (χ0) is 19.3. The number of rotatable bonds is 6. The maximum atomic E-state index is 9.76. The van der Waals surface area contributed by atoms with Gasteiger partial charge in [0.05, 0.1) is 12.2 Å². The Labute approximate surface area is 165 Å². The van der Waals surface area contributed by atoms with Crippen LogP contribution in [0.4, 0.5) is 0 Å². The Morgan fingerprint density at radius 2 is 1.63 bits per heavy atom. The average Bonchev–Trinajstić information content (AvgIpc) is 3.15. The molecule has 2 aliphatic rings. The molecule has 2 aromatic rings. The molecule has 0 saturated heterocycles. The molecule has 5 heteroatoms. The van der Waals surface area contributed by atoms with Crippen LogP contribution < -0.4 is 9.47 Å². The molecule has 1 saturated carbocycles. The predicted octanol–water partition coefficient (Wildman–Crippen LogP) is 4.62. The lowest BCUT2D eigenvalue weighted by Gasteiger charge is -2.28. The van der Waals surface area contributed by atoms with Crippen molar-refractivity contribution < 1.29 is 19.7 Å². The number of aliphatic hydroxyl groups is 2. The van der Waals surface area contributed by atoms with E-state index in [4.69, 9.17) is 21.1 Å². The minimum atomic E-state index is -0.543. The molecule has 0 radical (unpaired) electrons. The maximum Gasteiger partial charge on any atom is 0.131 e. The summed E-state index contributed by atoms with van der Waals surface area (Å²) >= 11 is 6.30. The molecule has 146 valence electrons. The van der Waals surface area contributed by atoms with Gasteiger partial charge in [-0.25, -0.2) is 0 Å². The molecule has 0 aliphatic heterocycles. The number of hydrogen-bond donors (Lipinski definition) is 2. The second-order valence-electron chi connectivity index (χ2n) is 8.25. The second-order valence-corrected chi connectivity index (χ2v) is 8.68. The number of aliphatic hydroxyl groups excluding tert-OH is 2. The molecule has 2 aliphatic carbocycles. The summed E-state index contributed by atoms with van der Waals surface area (Å²) in [5.41, 5.74) is 2.45. The lowest BCUT2D eigenvalue weighted by atomic mass is 9.82. The highest BCUT2D eigenvalue weighted by Crippen LogP contribution is 2.63. The fraction of sp³-hybridized carbons (Fsp3) is 0.545. The summed E-state index contributed by atoms with van der Waals surface area (Å²) in [4.78, 5) is 0. The number of hydrogen-bond acceptors (Lipinski definition) is 4. The van der Waals surface area contributed by atoms with Crippen LogP contribution in [-0.4, -0.2) is 35.6 Å². The van der Waals surface area contributed by atoms with E-state index in [1.165, 1.54) is 11.1 Å². The Hall–Kier alpha value is -1.49. The first-order valence-electron chi connectivity index (χ1n) is 9.77. The first-order chi connectivity index (χ1) is 12.9. The summed E-state index contributed by atoms with van der Waals surface area (Å²) in [7, 11) is 0. The first-order valence-corrected chi connectivity index (χ1v) is 10.1. The molecule has 4 rings (SSSR count). The molecule has 5 unspecified atom stereocenters. The van der Waals surface area contributed by atoms with Crippen LogP contribution in [0.2, 0.25) is 5.02 Å². The molecule has 2 N–H and O–H groups in total. The summed E-state index contributed by atoms with van der Waals surface area (Å²) in [6.07, 6.45) is 1.17. The molecule has 4 nitrogen and oxygen atoms in total. The minimum absolute atomic E-state index is 0.245. The van der Waals surface area contributed by atoms with Crippen molar-refractivity contribution in [3.63, 3.8) is 0 Å². The second kappa shape index (κ2) is 7.16. The van der Waals surface area contributed by atoms with Crippen molar-refractivity contribution in [1.29, 1.82) is 0 Å². The van der Waals surface area contributed by atoms with E-state index < -0.39 is 12.2 Å². The lowest BCUT2D eigenvalue weighted by molar-refractivity contribution is 0.120. The molecule has 2 bridgehead atoms. The monoisotopic (exact) mass is 390 g/mol. The van der Waals surface area contributed by atoms with E-state index in [9.17, 15) is 10.2 Å². The fourth-order valence-electron chi connectivity index (χ4n) is 4.82. The van der Waals surface area contributed by atoms with Crippen molar-refractivity contribution in [2.24, 2.45) is 5.92 Å². The van der Waals surface area contributed by atoms with Gasteiger partial charge in [-0.1, -0.05) is 18.5 Å². The average molecular weight is 391 g/mol. The van der Waals surface area contributed by atoms with Gasteiger partial charge in [-0.05, 0) is 62.6 Å². The molecule has 27 heavy (non-hydrogen) atoms. The summed E-state index contributed by atoms with van der Waals surface area (Å²) in [5, 5.41) is 22.0. The highest BCUT2D eigenvalue weighted by Gasteiger charge is 2.46. The van der Waals surface area contributed by atoms with Crippen molar-refractivity contribution in [2.45, 2.75) is 57.7 Å². The van der Waals surface area contributed by atoms with Gasteiger partial charge in [0.2, 0.25) is 0 Å². The predicted molar refractivity (Wildman–Crippen MR) is 107 cm³/mol. The Morgan fingerprint density at radius 3 is 2.26 bits per heavy atom. The SMILES string of the molecule is CC(O)COc1c2c(c(OCC(C)O)c3ccc(Cl)cc13)C1CC2CC1C. The highest BCUT2D eigenvalue weighted by molar-refractivity contribution is 6.31. The van der Waals surface area contributed by atoms with Gasteiger partial charge in [0.1, 0.15) is 24.7 Å². The molecule has 0 aromatic heterocycles. The molecule has 0 spiro atoms. The zero-order valence-electron chi connectivity index (χ0n) is 16.0. The van der Waals surface area contributed by atoms with Crippen LogP contribution in [0.1, 0.15) is 56.6 Å². The molecule has 5 atom stereocenters. The van der Waals surface area contributed by atoms with Gasteiger partial charge in [0.25, 0.3) is 0 Å².